The Morgan fingerprint density at radius 3 is 2.14 bits per heavy atom. The number of nitrogens with one attached hydrogen (secondary N) is 3. The summed E-state index contributed by atoms with van der Waals surface area (Å²) in [7, 11) is 1.29. The van der Waals surface area contributed by atoms with Crippen molar-refractivity contribution in [3.8, 4) is 33.6 Å². The molecule has 12 nitrogen and oxygen atoms in total. The first-order chi connectivity index (χ1) is 28.2. The van der Waals surface area contributed by atoms with Gasteiger partial charge in [-0.1, -0.05) is 66.7 Å². The van der Waals surface area contributed by atoms with Gasteiger partial charge in [0.1, 0.15) is 23.3 Å². The Bertz CT molecular complexity index is 2610. The number of likely N-dealkylation sites (tertiary alicyclic amines) is 1. The van der Waals surface area contributed by atoms with Crippen molar-refractivity contribution in [3.63, 3.8) is 0 Å². The molecule has 0 aliphatic carbocycles. The first-order valence-electron chi connectivity index (χ1n) is 19.6. The van der Waals surface area contributed by atoms with E-state index in [0.29, 0.717) is 30.8 Å². The van der Waals surface area contributed by atoms with Gasteiger partial charge in [-0.2, -0.15) is 0 Å². The highest BCUT2D eigenvalue weighted by atomic mass is 19.3. The largest absolute Gasteiger partial charge is 0.453 e. The molecule has 302 valence electrons. The molecule has 6 aromatic rings. The average molecular weight is 800 g/mol. The third kappa shape index (κ3) is 7.27. The Labute approximate surface area is 338 Å². The van der Waals surface area contributed by atoms with Crippen molar-refractivity contribution in [1.82, 2.24) is 30.2 Å². The number of imidazole rings is 2. The molecule has 1 fully saturated rings. The number of hydrogen-bond donors (Lipinski definition) is 3. The Morgan fingerprint density at radius 1 is 0.831 bits per heavy atom. The summed E-state index contributed by atoms with van der Waals surface area (Å²) >= 11 is 0. The molecular weight excluding hydrogens is 757 g/mol. The van der Waals surface area contributed by atoms with E-state index in [1.54, 1.807) is 38.1 Å². The van der Waals surface area contributed by atoms with Crippen molar-refractivity contribution in [2.45, 2.75) is 76.1 Å². The maximum absolute atomic E-state index is 14.6. The van der Waals surface area contributed by atoms with Crippen LogP contribution in [-0.4, -0.2) is 74.1 Å². The molecule has 3 aliphatic heterocycles. The Morgan fingerprint density at radius 2 is 1.44 bits per heavy atom. The minimum absolute atomic E-state index is 0.185. The fraction of sp³-hybridized carbons (Fsp3) is 0.311. The van der Waals surface area contributed by atoms with Crippen molar-refractivity contribution < 1.29 is 32.6 Å². The molecule has 14 heteroatoms. The average Bonchev–Trinajstić information content (AvgIpc) is 4.02. The van der Waals surface area contributed by atoms with E-state index in [1.807, 2.05) is 54.6 Å². The number of ether oxygens (including phenoxy) is 2. The molecule has 2 aromatic heterocycles. The van der Waals surface area contributed by atoms with Crippen LogP contribution in [0, 0.1) is 0 Å². The number of aryl methyl sites for hydroxylation is 1. The van der Waals surface area contributed by atoms with Crippen molar-refractivity contribution >= 4 is 34.6 Å². The van der Waals surface area contributed by atoms with Crippen LogP contribution in [0.25, 0.3) is 44.4 Å². The Hall–Kier alpha value is -6.57. The molecular formula is C45H43F2N7O5. The highest BCUT2D eigenvalue weighted by Crippen LogP contribution is 2.45. The third-order valence-electron chi connectivity index (χ3n) is 11.3. The van der Waals surface area contributed by atoms with Crippen LogP contribution in [0.2, 0.25) is 0 Å². The minimum atomic E-state index is -3.06. The summed E-state index contributed by atoms with van der Waals surface area (Å²) in [5, 5.41) is 4.73. The van der Waals surface area contributed by atoms with E-state index in [9.17, 15) is 23.2 Å². The minimum Gasteiger partial charge on any atom is -0.453 e. The van der Waals surface area contributed by atoms with Crippen LogP contribution in [-0.2, 0) is 27.1 Å². The van der Waals surface area contributed by atoms with E-state index in [1.165, 1.54) is 7.11 Å². The van der Waals surface area contributed by atoms with Gasteiger partial charge in [0.05, 0.1) is 55.2 Å². The fourth-order valence-corrected chi connectivity index (χ4v) is 8.50. The standard InChI is InChI=1S/C45H43F2N7O5/c1-44(2,3)59-43(57)53-24-45(46,47)21-37(53)40-49-23-35(51-40)31-15-14-29-18-28(12-13-30(29)19-31)25-8-10-26(11-9-25)34-22-48-39(50-34)36-20-32-7-5-6-27-16-17-33(52-42(56)58-4)41(55)54(36)38(27)32/h5-15,18-19,22-23,33,36-37H,16-17,20-21,24H2,1-4H3,(H,48,50)(H,49,51)(H,52,56)/t33-,36-,37-/m0/s1. The summed E-state index contributed by atoms with van der Waals surface area (Å²) in [6.45, 7) is 4.37. The zero-order chi connectivity index (χ0) is 41.2. The number of aromatic amines is 2. The van der Waals surface area contributed by atoms with Gasteiger partial charge in [-0.3, -0.25) is 14.6 Å². The molecule has 0 spiro atoms. The molecule has 59 heavy (non-hydrogen) atoms. The number of hydrogen-bond acceptors (Lipinski definition) is 7. The molecule has 3 amide bonds. The second-order valence-corrected chi connectivity index (χ2v) is 16.5. The number of aromatic nitrogens is 4. The number of amides is 3. The van der Waals surface area contributed by atoms with Gasteiger partial charge in [-0.15, -0.1) is 0 Å². The molecule has 3 atom stereocenters. The van der Waals surface area contributed by atoms with Crippen molar-refractivity contribution in [2.24, 2.45) is 0 Å². The lowest BCUT2D eigenvalue weighted by Gasteiger charge is -2.27. The Kier molecular flexibility index (Phi) is 9.24. The number of para-hydroxylation sites is 1. The molecule has 9 rings (SSSR count). The predicted molar refractivity (Wildman–Crippen MR) is 218 cm³/mol. The van der Waals surface area contributed by atoms with Gasteiger partial charge in [0.15, 0.2) is 0 Å². The molecule has 5 heterocycles. The second-order valence-electron chi connectivity index (χ2n) is 16.5. The molecule has 1 saturated heterocycles. The zero-order valence-electron chi connectivity index (χ0n) is 33.0. The third-order valence-corrected chi connectivity index (χ3v) is 11.3. The number of benzene rings is 4. The first kappa shape index (κ1) is 38.0. The zero-order valence-corrected chi connectivity index (χ0v) is 33.0. The number of anilines is 1. The van der Waals surface area contributed by atoms with Crippen LogP contribution in [0.3, 0.4) is 0 Å². The first-order valence-corrected chi connectivity index (χ1v) is 19.6. The summed E-state index contributed by atoms with van der Waals surface area (Å²) in [4.78, 5) is 57.5. The Balaban J connectivity index is 0.911. The number of halogens is 2. The maximum atomic E-state index is 14.6. The van der Waals surface area contributed by atoms with Gasteiger partial charge in [-0.05, 0) is 84.3 Å². The van der Waals surface area contributed by atoms with E-state index < -0.39 is 48.8 Å². The lowest BCUT2D eigenvalue weighted by Crippen LogP contribution is -2.48. The van der Waals surface area contributed by atoms with Gasteiger partial charge >= 0.3 is 12.2 Å². The van der Waals surface area contributed by atoms with Crippen LogP contribution in [0.5, 0.6) is 0 Å². The monoisotopic (exact) mass is 799 g/mol. The summed E-state index contributed by atoms with van der Waals surface area (Å²) in [5.41, 5.74) is 7.54. The van der Waals surface area contributed by atoms with Crippen LogP contribution < -0.4 is 10.2 Å². The van der Waals surface area contributed by atoms with E-state index in [2.05, 4.69) is 44.5 Å². The highest BCUT2D eigenvalue weighted by Gasteiger charge is 2.50. The number of carbonyl (C=O) groups excluding carboxylic acids is 3. The number of methoxy groups -OCH3 is 1. The number of fused-ring (bicyclic) bond motifs is 1. The number of carbonyl (C=O) groups is 3. The molecule has 3 N–H and O–H groups in total. The molecule has 0 saturated carbocycles. The van der Waals surface area contributed by atoms with E-state index in [0.717, 1.165) is 60.4 Å². The van der Waals surface area contributed by atoms with E-state index >= 15 is 0 Å². The number of nitrogens with zero attached hydrogens (tertiary/aromatic N) is 4. The van der Waals surface area contributed by atoms with Gasteiger partial charge < -0.3 is 24.8 Å². The smallest absolute Gasteiger partial charge is 0.411 e. The molecule has 0 radical (unpaired) electrons. The number of alkyl carbamates (subject to hydrolysis) is 1. The van der Waals surface area contributed by atoms with Crippen LogP contribution in [0.4, 0.5) is 24.1 Å². The number of alkyl halides is 2. The van der Waals surface area contributed by atoms with Gasteiger partial charge in [-0.25, -0.2) is 28.3 Å². The summed E-state index contributed by atoms with van der Waals surface area (Å²) in [6.07, 6.45) is 3.15. The van der Waals surface area contributed by atoms with Crippen molar-refractivity contribution in [1.29, 1.82) is 0 Å². The molecule has 0 unspecified atom stereocenters. The lowest BCUT2D eigenvalue weighted by molar-refractivity contribution is -0.121. The predicted octanol–water partition coefficient (Wildman–Crippen LogP) is 8.91. The van der Waals surface area contributed by atoms with Gasteiger partial charge in [0.25, 0.3) is 5.92 Å². The van der Waals surface area contributed by atoms with E-state index in [-0.39, 0.29) is 17.8 Å². The fourth-order valence-electron chi connectivity index (χ4n) is 8.50. The maximum Gasteiger partial charge on any atom is 0.411 e. The number of H-pyrrole nitrogens is 2. The summed E-state index contributed by atoms with van der Waals surface area (Å²) in [6, 6.07) is 24.5. The molecule has 4 aromatic carbocycles. The summed E-state index contributed by atoms with van der Waals surface area (Å²) < 4.78 is 39.3. The summed E-state index contributed by atoms with van der Waals surface area (Å²) in [5.74, 6) is -2.29. The molecule has 0 bridgehead atoms. The molecule has 3 aliphatic rings. The van der Waals surface area contributed by atoms with Gasteiger partial charge in [0.2, 0.25) is 5.91 Å². The quantitative estimate of drug-likeness (QED) is 0.153. The normalized spacial score (nSPS) is 19.8. The van der Waals surface area contributed by atoms with Crippen LogP contribution >= 0.6 is 0 Å². The van der Waals surface area contributed by atoms with Crippen LogP contribution in [0.15, 0.2) is 91.3 Å². The highest BCUT2D eigenvalue weighted by molar-refractivity contribution is 6.02. The SMILES string of the molecule is COC(=O)N[C@H]1CCc2cccc3c2N(C1=O)[C@H](c1ncc(-c2ccc(-c4ccc5cc(-c6cnc([C@@H]7CC(F)(F)CN7C(=O)OC(C)(C)C)[nH]6)ccc5c4)cc2)[nH]1)C3. The topological polar surface area (TPSA) is 146 Å². The lowest BCUT2D eigenvalue weighted by atomic mass is 9.98. The van der Waals surface area contributed by atoms with E-state index in [4.69, 9.17) is 14.5 Å². The second kappa shape index (κ2) is 14.4. The van der Waals surface area contributed by atoms with Gasteiger partial charge in [0, 0.05) is 18.4 Å². The van der Waals surface area contributed by atoms with Crippen molar-refractivity contribution in [2.75, 3.05) is 18.6 Å². The number of rotatable bonds is 6. The van der Waals surface area contributed by atoms with Crippen molar-refractivity contribution in [3.05, 3.63) is 114 Å². The van der Waals surface area contributed by atoms with Crippen LogP contribution in [0.1, 0.15) is 68.5 Å².